The minimum Gasteiger partial charge on any atom is -0.450 e. The summed E-state index contributed by atoms with van der Waals surface area (Å²) in [5.74, 6) is 0.185. The van der Waals surface area contributed by atoms with E-state index in [4.69, 9.17) is 4.74 Å². The molecule has 154 valence electrons. The van der Waals surface area contributed by atoms with Crippen molar-refractivity contribution in [2.75, 3.05) is 70.4 Å². The molecule has 2 saturated heterocycles. The summed E-state index contributed by atoms with van der Waals surface area (Å²) in [6.45, 7) is 12.9. The van der Waals surface area contributed by atoms with E-state index in [0.717, 1.165) is 26.2 Å². The number of anilines is 1. The predicted molar refractivity (Wildman–Crippen MR) is 110 cm³/mol. The monoisotopic (exact) mass is 388 g/mol. The third-order valence-corrected chi connectivity index (χ3v) is 5.81. The molecule has 0 unspecified atom stereocenters. The molecule has 0 radical (unpaired) electrons. The van der Waals surface area contributed by atoms with Gasteiger partial charge in [-0.1, -0.05) is 12.1 Å². The molecular weight excluding hydrogens is 356 g/mol. The van der Waals surface area contributed by atoms with Crippen LogP contribution >= 0.6 is 0 Å². The van der Waals surface area contributed by atoms with Crippen LogP contribution in [0.4, 0.5) is 10.5 Å². The van der Waals surface area contributed by atoms with E-state index in [0.29, 0.717) is 39.3 Å². The zero-order valence-electron chi connectivity index (χ0n) is 17.3. The number of ether oxygens (including phenoxy) is 1. The smallest absolute Gasteiger partial charge is 0.409 e. The molecule has 1 aromatic rings. The van der Waals surface area contributed by atoms with E-state index < -0.39 is 0 Å². The maximum absolute atomic E-state index is 12.7. The van der Waals surface area contributed by atoms with Gasteiger partial charge < -0.3 is 19.4 Å². The average molecular weight is 389 g/mol. The minimum atomic E-state index is -0.254. The molecule has 0 saturated carbocycles. The van der Waals surface area contributed by atoms with E-state index in [1.165, 1.54) is 16.8 Å². The number of carbonyl (C=O) groups is 2. The summed E-state index contributed by atoms with van der Waals surface area (Å²) in [6, 6.07) is 6.41. The van der Waals surface area contributed by atoms with Crippen molar-refractivity contribution in [2.24, 2.45) is 0 Å². The second kappa shape index (κ2) is 9.28. The summed E-state index contributed by atoms with van der Waals surface area (Å²) in [6.07, 6.45) is -0.254. The molecule has 28 heavy (non-hydrogen) atoms. The van der Waals surface area contributed by atoms with Gasteiger partial charge in [0.2, 0.25) is 5.91 Å². The first-order chi connectivity index (χ1) is 13.5. The fourth-order valence-corrected chi connectivity index (χ4v) is 3.87. The van der Waals surface area contributed by atoms with E-state index in [1.54, 1.807) is 4.90 Å². The normalized spacial score (nSPS) is 18.3. The molecule has 3 rings (SSSR count). The average Bonchev–Trinajstić information content (AvgIpc) is 2.71. The fourth-order valence-electron chi connectivity index (χ4n) is 3.87. The number of piperazine rings is 2. The molecule has 2 aliphatic rings. The molecule has 7 heteroatoms. The van der Waals surface area contributed by atoms with Gasteiger partial charge in [0.05, 0.1) is 13.2 Å². The van der Waals surface area contributed by atoms with Gasteiger partial charge in [-0.15, -0.1) is 0 Å². The van der Waals surface area contributed by atoms with Gasteiger partial charge >= 0.3 is 6.09 Å². The van der Waals surface area contributed by atoms with Crippen LogP contribution < -0.4 is 4.90 Å². The Morgan fingerprint density at radius 1 is 0.929 bits per heavy atom. The molecule has 0 bridgehead atoms. The molecule has 1 aromatic carbocycles. The lowest BCUT2D eigenvalue weighted by molar-refractivity contribution is -0.133. The van der Waals surface area contributed by atoms with Crippen LogP contribution in [0.5, 0.6) is 0 Å². The molecule has 0 N–H and O–H groups in total. The number of nitrogens with zero attached hydrogens (tertiary/aromatic N) is 4. The molecular formula is C21H32N4O3. The Morgan fingerprint density at radius 3 is 2.21 bits per heavy atom. The van der Waals surface area contributed by atoms with Gasteiger partial charge in [0.15, 0.2) is 0 Å². The van der Waals surface area contributed by atoms with Crippen molar-refractivity contribution in [3.63, 3.8) is 0 Å². The lowest BCUT2D eigenvalue weighted by Gasteiger charge is -2.39. The second-order valence-electron chi connectivity index (χ2n) is 7.55. The molecule has 0 atom stereocenters. The largest absolute Gasteiger partial charge is 0.450 e. The van der Waals surface area contributed by atoms with Crippen LogP contribution in [0.1, 0.15) is 18.1 Å². The summed E-state index contributed by atoms with van der Waals surface area (Å²) in [7, 11) is 0. The molecule has 7 nitrogen and oxygen atoms in total. The van der Waals surface area contributed by atoms with Crippen molar-refractivity contribution in [2.45, 2.75) is 20.8 Å². The summed E-state index contributed by atoms with van der Waals surface area (Å²) in [5.41, 5.74) is 3.90. The third-order valence-electron chi connectivity index (χ3n) is 5.81. The third kappa shape index (κ3) is 4.76. The molecule has 2 fully saturated rings. The molecule has 2 amide bonds. The van der Waals surface area contributed by atoms with Crippen molar-refractivity contribution in [3.05, 3.63) is 29.3 Å². The van der Waals surface area contributed by atoms with E-state index in [-0.39, 0.29) is 12.0 Å². The van der Waals surface area contributed by atoms with E-state index in [9.17, 15) is 9.59 Å². The highest BCUT2D eigenvalue weighted by Gasteiger charge is 2.26. The van der Waals surface area contributed by atoms with E-state index in [1.807, 2.05) is 11.8 Å². The number of hydrogen-bond acceptors (Lipinski definition) is 5. The summed E-state index contributed by atoms with van der Waals surface area (Å²) < 4.78 is 5.04. The highest BCUT2D eigenvalue weighted by atomic mass is 16.6. The standard InChI is InChI=1S/C21H32N4O3/c1-4-28-21(27)25-10-8-22(9-11-25)16-20(26)24-14-12-23(13-15-24)19-7-5-6-17(2)18(19)3/h5-7H,4,8-16H2,1-3H3. The minimum absolute atomic E-state index is 0.185. The summed E-state index contributed by atoms with van der Waals surface area (Å²) in [4.78, 5) is 32.7. The van der Waals surface area contributed by atoms with Gasteiger partial charge in [-0.3, -0.25) is 9.69 Å². The summed E-state index contributed by atoms with van der Waals surface area (Å²) >= 11 is 0. The fraction of sp³-hybridized carbons (Fsp3) is 0.619. The first kappa shape index (κ1) is 20.5. The first-order valence-electron chi connectivity index (χ1n) is 10.2. The maximum atomic E-state index is 12.7. The maximum Gasteiger partial charge on any atom is 0.409 e. The number of aryl methyl sites for hydroxylation is 1. The molecule has 0 aromatic heterocycles. The van der Waals surface area contributed by atoms with Crippen LogP contribution in [0.25, 0.3) is 0 Å². The van der Waals surface area contributed by atoms with Crippen molar-refractivity contribution in [1.29, 1.82) is 0 Å². The molecule has 0 spiro atoms. The van der Waals surface area contributed by atoms with Crippen molar-refractivity contribution < 1.29 is 14.3 Å². The second-order valence-corrected chi connectivity index (χ2v) is 7.55. The van der Waals surface area contributed by atoms with Crippen LogP contribution in [0, 0.1) is 13.8 Å². The Morgan fingerprint density at radius 2 is 1.57 bits per heavy atom. The quantitative estimate of drug-likeness (QED) is 0.786. The Bertz CT molecular complexity index is 693. The van der Waals surface area contributed by atoms with Crippen LogP contribution in [0.15, 0.2) is 18.2 Å². The van der Waals surface area contributed by atoms with Gasteiger partial charge in [-0.2, -0.15) is 0 Å². The number of amides is 2. The van der Waals surface area contributed by atoms with Gasteiger partial charge in [0.1, 0.15) is 0 Å². The Kier molecular flexibility index (Phi) is 6.78. The van der Waals surface area contributed by atoms with E-state index >= 15 is 0 Å². The lowest BCUT2D eigenvalue weighted by Crippen LogP contribution is -2.54. The number of rotatable bonds is 4. The molecule has 2 aliphatic heterocycles. The Balaban J connectivity index is 1.45. The predicted octanol–water partition coefficient (Wildman–Crippen LogP) is 1.73. The zero-order valence-corrected chi connectivity index (χ0v) is 17.3. The SMILES string of the molecule is CCOC(=O)N1CCN(CC(=O)N2CCN(c3cccc(C)c3C)CC2)CC1. The van der Waals surface area contributed by atoms with Crippen molar-refractivity contribution >= 4 is 17.7 Å². The Labute approximate surface area is 167 Å². The number of hydrogen-bond donors (Lipinski definition) is 0. The highest BCUT2D eigenvalue weighted by molar-refractivity contribution is 5.78. The van der Waals surface area contributed by atoms with Crippen molar-refractivity contribution in [1.82, 2.24) is 14.7 Å². The van der Waals surface area contributed by atoms with Gasteiger partial charge in [-0.25, -0.2) is 4.79 Å². The van der Waals surface area contributed by atoms with Crippen LogP contribution in [0.3, 0.4) is 0 Å². The van der Waals surface area contributed by atoms with E-state index in [2.05, 4.69) is 41.8 Å². The molecule has 2 heterocycles. The van der Waals surface area contributed by atoms with Crippen LogP contribution in [-0.4, -0.2) is 92.2 Å². The van der Waals surface area contributed by atoms with Crippen molar-refractivity contribution in [3.8, 4) is 0 Å². The number of carbonyl (C=O) groups excluding carboxylic acids is 2. The Hall–Kier alpha value is -2.28. The van der Waals surface area contributed by atoms with Gasteiger partial charge in [0, 0.05) is 58.0 Å². The summed E-state index contributed by atoms with van der Waals surface area (Å²) in [5, 5.41) is 0. The lowest BCUT2D eigenvalue weighted by atomic mass is 10.1. The van der Waals surface area contributed by atoms with Gasteiger partial charge in [-0.05, 0) is 38.0 Å². The first-order valence-corrected chi connectivity index (χ1v) is 10.2. The zero-order chi connectivity index (χ0) is 20.1. The van der Waals surface area contributed by atoms with Crippen LogP contribution in [-0.2, 0) is 9.53 Å². The topological polar surface area (TPSA) is 56.3 Å². The molecule has 0 aliphatic carbocycles. The number of benzene rings is 1. The van der Waals surface area contributed by atoms with Crippen LogP contribution in [0.2, 0.25) is 0 Å². The van der Waals surface area contributed by atoms with Gasteiger partial charge in [0.25, 0.3) is 0 Å². The highest BCUT2D eigenvalue weighted by Crippen LogP contribution is 2.23.